The Morgan fingerprint density at radius 2 is 1.85 bits per heavy atom. The first-order valence-electron chi connectivity index (χ1n) is 8.47. The van der Waals surface area contributed by atoms with Crippen molar-refractivity contribution in [2.75, 3.05) is 22.4 Å². The van der Waals surface area contributed by atoms with E-state index < -0.39 is 16.0 Å². The van der Waals surface area contributed by atoms with E-state index in [0.29, 0.717) is 30.8 Å². The van der Waals surface area contributed by atoms with Crippen molar-refractivity contribution in [1.29, 1.82) is 0 Å². The molecular formula is C19H20N2O5S. The molecular weight excluding hydrogens is 368 g/mol. The van der Waals surface area contributed by atoms with Gasteiger partial charge in [0.15, 0.2) is 0 Å². The van der Waals surface area contributed by atoms with Crippen LogP contribution in [0.3, 0.4) is 0 Å². The normalized spacial score (nSPS) is 13.3. The summed E-state index contributed by atoms with van der Waals surface area (Å²) in [7, 11) is -3.34. The fourth-order valence-corrected chi connectivity index (χ4v) is 4.10. The number of nitrogens with one attached hydrogen (secondary N) is 1. The number of carbonyl (C=O) groups excluding carboxylic acids is 1. The van der Waals surface area contributed by atoms with Gasteiger partial charge in [0.05, 0.1) is 17.5 Å². The maximum atomic E-state index is 12.3. The third-order valence-electron chi connectivity index (χ3n) is 4.50. The quantitative estimate of drug-likeness (QED) is 0.790. The van der Waals surface area contributed by atoms with Crippen LogP contribution in [0, 0.1) is 0 Å². The molecule has 0 saturated carbocycles. The maximum Gasteiger partial charge on any atom is 0.335 e. The SMILES string of the molecule is CS(=O)(=O)N1CCc2c(NC(=O)CCc3ccc(C(=O)O)cc3)cccc21. The summed E-state index contributed by atoms with van der Waals surface area (Å²) in [5, 5.41) is 11.8. The Morgan fingerprint density at radius 1 is 1.15 bits per heavy atom. The number of carbonyl (C=O) groups is 2. The molecule has 1 aliphatic rings. The Bertz CT molecular complexity index is 984. The van der Waals surface area contributed by atoms with Gasteiger partial charge in [-0.2, -0.15) is 0 Å². The lowest BCUT2D eigenvalue weighted by atomic mass is 10.1. The Hall–Kier alpha value is -2.87. The average molecular weight is 388 g/mol. The van der Waals surface area contributed by atoms with Crippen molar-refractivity contribution in [1.82, 2.24) is 0 Å². The third-order valence-corrected chi connectivity index (χ3v) is 5.68. The van der Waals surface area contributed by atoms with Gasteiger partial charge >= 0.3 is 5.97 Å². The first-order chi connectivity index (χ1) is 12.8. The van der Waals surface area contributed by atoms with Gasteiger partial charge in [-0.1, -0.05) is 18.2 Å². The number of anilines is 2. The minimum atomic E-state index is -3.34. The van der Waals surface area contributed by atoms with E-state index >= 15 is 0 Å². The number of fused-ring (bicyclic) bond motifs is 1. The third kappa shape index (κ3) is 4.28. The van der Waals surface area contributed by atoms with Crippen molar-refractivity contribution >= 4 is 33.3 Å². The zero-order chi connectivity index (χ0) is 19.6. The number of sulfonamides is 1. The molecule has 142 valence electrons. The molecule has 2 aromatic carbocycles. The second-order valence-electron chi connectivity index (χ2n) is 6.44. The molecule has 3 rings (SSSR count). The molecule has 0 radical (unpaired) electrons. The molecule has 0 aromatic heterocycles. The van der Waals surface area contributed by atoms with Crippen LogP contribution in [0.2, 0.25) is 0 Å². The lowest BCUT2D eigenvalue weighted by molar-refractivity contribution is -0.116. The van der Waals surface area contributed by atoms with Crippen LogP contribution in [-0.4, -0.2) is 38.2 Å². The van der Waals surface area contributed by atoms with Gasteiger partial charge in [-0.05, 0) is 42.7 Å². The van der Waals surface area contributed by atoms with Gasteiger partial charge in [0.2, 0.25) is 15.9 Å². The van der Waals surface area contributed by atoms with E-state index in [2.05, 4.69) is 5.32 Å². The Balaban J connectivity index is 1.65. The summed E-state index contributed by atoms with van der Waals surface area (Å²) >= 11 is 0. The largest absolute Gasteiger partial charge is 0.478 e. The molecule has 0 spiro atoms. The van der Waals surface area contributed by atoms with Gasteiger partial charge < -0.3 is 10.4 Å². The van der Waals surface area contributed by atoms with Crippen LogP contribution < -0.4 is 9.62 Å². The predicted octanol–water partition coefficient (Wildman–Crippen LogP) is 2.28. The van der Waals surface area contributed by atoms with E-state index in [4.69, 9.17) is 5.11 Å². The van der Waals surface area contributed by atoms with E-state index in [1.54, 1.807) is 30.3 Å². The maximum absolute atomic E-state index is 12.3. The van der Waals surface area contributed by atoms with Gasteiger partial charge in [-0.15, -0.1) is 0 Å². The average Bonchev–Trinajstić information content (AvgIpc) is 3.06. The summed E-state index contributed by atoms with van der Waals surface area (Å²) in [4.78, 5) is 23.2. The Kier molecular flexibility index (Phi) is 5.18. The van der Waals surface area contributed by atoms with E-state index in [1.807, 2.05) is 0 Å². The fourth-order valence-electron chi connectivity index (χ4n) is 3.15. The second-order valence-corrected chi connectivity index (χ2v) is 8.35. The molecule has 1 amide bonds. The smallest absolute Gasteiger partial charge is 0.335 e. The van der Waals surface area contributed by atoms with Crippen LogP contribution in [0.25, 0.3) is 0 Å². The highest BCUT2D eigenvalue weighted by molar-refractivity contribution is 7.92. The summed E-state index contributed by atoms with van der Waals surface area (Å²) in [6, 6.07) is 11.6. The molecule has 7 nitrogen and oxygen atoms in total. The Labute approximate surface area is 157 Å². The molecule has 1 heterocycles. The molecule has 8 heteroatoms. The van der Waals surface area contributed by atoms with Crippen molar-refractivity contribution < 1.29 is 23.1 Å². The highest BCUT2D eigenvalue weighted by Crippen LogP contribution is 2.35. The number of carboxylic acid groups (broad SMARTS) is 1. The van der Waals surface area contributed by atoms with Crippen molar-refractivity contribution in [3.8, 4) is 0 Å². The summed E-state index contributed by atoms with van der Waals surface area (Å²) in [6.07, 6.45) is 2.45. The number of nitrogens with zero attached hydrogens (tertiary/aromatic N) is 1. The van der Waals surface area contributed by atoms with Crippen molar-refractivity contribution in [3.05, 3.63) is 59.2 Å². The standard InChI is InChI=1S/C19H20N2O5S/c1-27(25,26)21-12-11-15-16(3-2-4-17(15)21)20-18(22)10-7-13-5-8-14(9-6-13)19(23)24/h2-6,8-9H,7,10-12H2,1H3,(H,20,22)(H,23,24). The minimum Gasteiger partial charge on any atom is -0.478 e. The summed E-state index contributed by atoms with van der Waals surface area (Å²) in [6.45, 7) is 0.372. The molecule has 2 N–H and O–H groups in total. The van der Waals surface area contributed by atoms with E-state index in [-0.39, 0.29) is 17.9 Å². The Morgan fingerprint density at radius 3 is 2.48 bits per heavy atom. The number of amides is 1. The fraction of sp³-hybridized carbons (Fsp3) is 0.263. The molecule has 0 saturated heterocycles. The van der Waals surface area contributed by atoms with Crippen molar-refractivity contribution in [3.63, 3.8) is 0 Å². The number of rotatable bonds is 6. The molecule has 0 fully saturated rings. The van der Waals surface area contributed by atoms with E-state index in [1.165, 1.54) is 22.7 Å². The van der Waals surface area contributed by atoms with Crippen LogP contribution in [0.5, 0.6) is 0 Å². The molecule has 0 unspecified atom stereocenters. The van der Waals surface area contributed by atoms with Crippen LogP contribution in [0.4, 0.5) is 11.4 Å². The van der Waals surface area contributed by atoms with Gasteiger partial charge in [0, 0.05) is 24.2 Å². The highest BCUT2D eigenvalue weighted by atomic mass is 32.2. The van der Waals surface area contributed by atoms with E-state index in [0.717, 1.165) is 11.1 Å². The molecule has 27 heavy (non-hydrogen) atoms. The number of benzene rings is 2. The monoisotopic (exact) mass is 388 g/mol. The molecule has 1 aliphatic heterocycles. The molecule has 0 atom stereocenters. The predicted molar refractivity (Wildman–Crippen MR) is 103 cm³/mol. The number of hydrogen-bond donors (Lipinski definition) is 2. The van der Waals surface area contributed by atoms with Crippen LogP contribution in [0.1, 0.15) is 27.9 Å². The zero-order valence-corrected chi connectivity index (χ0v) is 15.6. The lowest BCUT2D eigenvalue weighted by Crippen LogP contribution is -2.27. The van der Waals surface area contributed by atoms with Crippen LogP contribution in [0.15, 0.2) is 42.5 Å². The zero-order valence-electron chi connectivity index (χ0n) is 14.8. The number of aromatic carboxylic acids is 1. The van der Waals surface area contributed by atoms with Crippen molar-refractivity contribution in [2.45, 2.75) is 19.3 Å². The lowest BCUT2D eigenvalue weighted by Gasteiger charge is -2.17. The first-order valence-corrected chi connectivity index (χ1v) is 10.3. The molecule has 2 aromatic rings. The van der Waals surface area contributed by atoms with Gasteiger partial charge in [-0.25, -0.2) is 13.2 Å². The second kappa shape index (κ2) is 7.40. The topological polar surface area (TPSA) is 104 Å². The molecule has 0 bridgehead atoms. The van der Waals surface area contributed by atoms with Crippen LogP contribution >= 0.6 is 0 Å². The van der Waals surface area contributed by atoms with Gasteiger partial charge in [-0.3, -0.25) is 9.10 Å². The number of hydrogen-bond acceptors (Lipinski definition) is 4. The first kappa shape index (κ1) is 18.9. The summed E-state index contributed by atoms with van der Waals surface area (Å²) in [5.74, 6) is -1.16. The minimum absolute atomic E-state index is 0.177. The summed E-state index contributed by atoms with van der Waals surface area (Å²) < 4.78 is 25.1. The van der Waals surface area contributed by atoms with Gasteiger partial charge in [0.1, 0.15) is 0 Å². The number of aryl methyl sites for hydroxylation is 1. The van der Waals surface area contributed by atoms with Gasteiger partial charge in [0.25, 0.3) is 0 Å². The van der Waals surface area contributed by atoms with Crippen molar-refractivity contribution in [2.24, 2.45) is 0 Å². The highest BCUT2D eigenvalue weighted by Gasteiger charge is 2.28. The van der Waals surface area contributed by atoms with E-state index in [9.17, 15) is 18.0 Å². The number of carboxylic acids is 1. The van der Waals surface area contributed by atoms with Crippen LogP contribution in [-0.2, 0) is 27.7 Å². The summed E-state index contributed by atoms with van der Waals surface area (Å²) in [5.41, 5.74) is 3.14. The molecule has 0 aliphatic carbocycles.